The number of benzene rings is 2. The summed E-state index contributed by atoms with van der Waals surface area (Å²) in [5.74, 6) is -0.236. The normalized spacial score (nSPS) is 17.5. The van der Waals surface area contributed by atoms with Crippen molar-refractivity contribution >= 4 is 11.8 Å². The van der Waals surface area contributed by atoms with E-state index in [4.69, 9.17) is 5.73 Å². The molecular weight excluding hydrogens is 350 g/mol. The van der Waals surface area contributed by atoms with E-state index in [0.717, 1.165) is 16.7 Å². The summed E-state index contributed by atoms with van der Waals surface area (Å²) in [6.07, 6.45) is 0.605. The molecule has 1 heterocycles. The van der Waals surface area contributed by atoms with Gasteiger partial charge in [0, 0.05) is 26.2 Å². The monoisotopic (exact) mass is 379 g/mol. The zero-order chi connectivity index (χ0) is 20.1. The number of nitrogens with zero attached hydrogens (tertiary/aromatic N) is 2. The van der Waals surface area contributed by atoms with Gasteiger partial charge in [-0.1, -0.05) is 54.1 Å². The lowest BCUT2D eigenvalue weighted by atomic mass is 9.91. The van der Waals surface area contributed by atoms with Crippen LogP contribution in [0, 0.1) is 12.8 Å². The summed E-state index contributed by atoms with van der Waals surface area (Å²) in [6.45, 7) is 6.22. The molecular formula is C23H29N3O2. The van der Waals surface area contributed by atoms with Gasteiger partial charge in [0.05, 0.1) is 12.5 Å². The third kappa shape index (κ3) is 4.42. The fraction of sp³-hybridized carbons (Fsp3) is 0.391. The first kappa shape index (κ1) is 20.1. The molecule has 2 amide bonds. The van der Waals surface area contributed by atoms with Gasteiger partial charge in [-0.15, -0.1) is 0 Å². The van der Waals surface area contributed by atoms with Gasteiger partial charge in [0.2, 0.25) is 11.8 Å². The van der Waals surface area contributed by atoms with Crippen molar-refractivity contribution in [1.29, 1.82) is 0 Å². The molecule has 1 atom stereocenters. The number of hydrogen-bond acceptors (Lipinski definition) is 3. The molecule has 2 aromatic rings. The molecule has 3 rings (SSSR count). The molecule has 1 aliphatic heterocycles. The predicted molar refractivity (Wildman–Crippen MR) is 112 cm³/mol. The van der Waals surface area contributed by atoms with Crippen LogP contribution >= 0.6 is 0 Å². The first-order valence-electron chi connectivity index (χ1n) is 9.95. The second kappa shape index (κ2) is 9.02. The van der Waals surface area contributed by atoms with Crippen LogP contribution in [0.2, 0.25) is 0 Å². The Morgan fingerprint density at radius 1 is 1.11 bits per heavy atom. The van der Waals surface area contributed by atoms with Crippen LogP contribution in [0.1, 0.15) is 18.1 Å². The van der Waals surface area contributed by atoms with Crippen LogP contribution in [0.3, 0.4) is 0 Å². The second-order valence-corrected chi connectivity index (χ2v) is 7.39. The van der Waals surface area contributed by atoms with E-state index in [2.05, 4.69) is 43.3 Å². The molecule has 0 spiro atoms. The first-order valence-corrected chi connectivity index (χ1v) is 9.95. The highest BCUT2D eigenvalue weighted by Crippen LogP contribution is 2.27. The van der Waals surface area contributed by atoms with Crippen LogP contribution in [-0.2, 0) is 16.0 Å². The van der Waals surface area contributed by atoms with E-state index >= 15 is 0 Å². The summed E-state index contributed by atoms with van der Waals surface area (Å²) in [4.78, 5) is 28.9. The summed E-state index contributed by atoms with van der Waals surface area (Å²) in [7, 11) is 0. The van der Waals surface area contributed by atoms with E-state index in [1.807, 2.05) is 24.0 Å². The molecule has 0 radical (unpaired) electrons. The van der Waals surface area contributed by atoms with Gasteiger partial charge in [0.1, 0.15) is 0 Å². The maximum Gasteiger partial charge on any atom is 0.236 e. The molecule has 0 aromatic heterocycles. The molecule has 148 valence electrons. The highest BCUT2D eigenvalue weighted by molar-refractivity contribution is 5.83. The molecule has 1 saturated heterocycles. The minimum atomic E-state index is -0.260. The van der Waals surface area contributed by atoms with Gasteiger partial charge in [-0.25, -0.2) is 0 Å². The van der Waals surface area contributed by atoms with Crippen LogP contribution in [0.15, 0.2) is 48.5 Å². The highest BCUT2D eigenvalue weighted by atomic mass is 16.2. The summed E-state index contributed by atoms with van der Waals surface area (Å²) in [5.41, 5.74) is 10.2. The standard InChI is InChI=1S/C23H29N3O2/c1-3-25-12-13-26(22(27)15-24)16-20(23(25)28)14-19-6-4-5-7-21(19)18-10-8-17(2)9-11-18/h4-11,20H,3,12-16,24H2,1-2H3. The average Bonchev–Trinajstić information content (AvgIpc) is 2.87. The largest absolute Gasteiger partial charge is 0.341 e. The molecule has 2 N–H and O–H groups in total. The van der Waals surface area contributed by atoms with E-state index in [-0.39, 0.29) is 24.3 Å². The van der Waals surface area contributed by atoms with Gasteiger partial charge >= 0.3 is 0 Å². The van der Waals surface area contributed by atoms with E-state index < -0.39 is 0 Å². The number of rotatable bonds is 5. The summed E-state index contributed by atoms with van der Waals surface area (Å²) < 4.78 is 0. The van der Waals surface area contributed by atoms with E-state index in [9.17, 15) is 9.59 Å². The second-order valence-electron chi connectivity index (χ2n) is 7.39. The number of hydrogen-bond donors (Lipinski definition) is 1. The molecule has 0 aliphatic carbocycles. The minimum absolute atomic E-state index is 0.0208. The molecule has 1 aliphatic rings. The molecule has 0 bridgehead atoms. The van der Waals surface area contributed by atoms with Crippen molar-refractivity contribution in [2.45, 2.75) is 20.3 Å². The summed E-state index contributed by atoms with van der Waals surface area (Å²) >= 11 is 0. The zero-order valence-electron chi connectivity index (χ0n) is 16.7. The van der Waals surface area contributed by atoms with Crippen LogP contribution < -0.4 is 5.73 Å². The van der Waals surface area contributed by atoms with Gasteiger partial charge in [0.15, 0.2) is 0 Å². The van der Waals surface area contributed by atoms with Gasteiger partial charge < -0.3 is 15.5 Å². The van der Waals surface area contributed by atoms with Crippen molar-refractivity contribution in [2.24, 2.45) is 11.7 Å². The van der Waals surface area contributed by atoms with E-state index in [0.29, 0.717) is 32.6 Å². The molecule has 0 saturated carbocycles. The maximum atomic E-state index is 13.1. The van der Waals surface area contributed by atoms with Crippen LogP contribution in [0.4, 0.5) is 0 Å². The number of nitrogens with two attached hydrogens (primary N) is 1. The topological polar surface area (TPSA) is 66.6 Å². The SMILES string of the molecule is CCN1CCN(C(=O)CN)CC(Cc2ccccc2-c2ccc(C)cc2)C1=O. The maximum absolute atomic E-state index is 13.1. The fourth-order valence-corrected chi connectivity index (χ4v) is 3.85. The number of amides is 2. The van der Waals surface area contributed by atoms with Gasteiger partial charge in [0.25, 0.3) is 0 Å². The Kier molecular flexibility index (Phi) is 6.47. The van der Waals surface area contributed by atoms with Gasteiger partial charge in [-0.3, -0.25) is 9.59 Å². The third-order valence-corrected chi connectivity index (χ3v) is 5.50. The number of aryl methyl sites for hydroxylation is 1. The van der Waals surface area contributed by atoms with Crippen molar-refractivity contribution < 1.29 is 9.59 Å². The smallest absolute Gasteiger partial charge is 0.236 e. The van der Waals surface area contributed by atoms with Gasteiger partial charge in [-0.2, -0.15) is 0 Å². The van der Waals surface area contributed by atoms with Crippen molar-refractivity contribution in [3.8, 4) is 11.1 Å². The Bertz CT molecular complexity index is 832. The van der Waals surface area contributed by atoms with Crippen molar-refractivity contribution in [3.63, 3.8) is 0 Å². The first-order chi connectivity index (χ1) is 13.5. The van der Waals surface area contributed by atoms with E-state index in [1.165, 1.54) is 5.56 Å². The molecule has 1 unspecified atom stereocenters. The Morgan fingerprint density at radius 3 is 2.50 bits per heavy atom. The highest BCUT2D eigenvalue weighted by Gasteiger charge is 2.31. The molecule has 28 heavy (non-hydrogen) atoms. The van der Waals surface area contributed by atoms with E-state index in [1.54, 1.807) is 4.90 Å². The summed E-state index contributed by atoms with van der Waals surface area (Å²) in [6, 6.07) is 16.6. The van der Waals surface area contributed by atoms with Crippen molar-refractivity contribution in [2.75, 3.05) is 32.7 Å². The average molecular weight is 380 g/mol. The quantitative estimate of drug-likeness (QED) is 0.868. The Balaban J connectivity index is 1.91. The third-order valence-electron chi connectivity index (χ3n) is 5.50. The number of carbonyl (C=O) groups is 2. The molecule has 5 nitrogen and oxygen atoms in total. The minimum Gasteiger partial charge on any atom is -0.341 e. The molecule has 2 aromatic carbocycles. The Hall–Kier alpha value is -2.66. The van der Waals surface area contributed by atoms with Crippen molar-refractivity contribution in [1.82, 2.24) is 9.80 Å². The lowest BCUT2D eigenvalue weighted by Crippen LogP contribution is -2.40. The van der Waals surface area contributed by atoms with Gasteiger partial charge in [-0.05, 0) is 37.0 Å². The Labute approximate surface area is 167 Å². The fourth-order valence-electron chi connectivity index (χ4n) is 3.85. The molecule has 5 heteroatoms. The van der Waals surface area contributed by atoms with Crippen LogP contribution in [0.25, 0.3) is 11.1 Å². The lowest BCUT2D eigenvalue weighted by molar-refractivity contribution is -0.134. The number of likely N-dealkylation sites (N-methyl/N-ethyl adjacent to an activating group) is 1. The zero-order valence-corrected chi connectivity index (χ0v) is 16.7. The number of carbonyl (C=O) groups excluding carboxylic acids is 2. The summed E-state index contributed by atoms with van der Waals surface area (Å²) in [5, 5.41) is 0. The van der Waals surface area contributed by atoms with Crippen molar-refractivity contribution in [3.05, 3.63) is 59.7 Å². The Morgan fingerprint density at radius 2 is 1.82 bits per heavy atom. The molecule has 1 fully saturated rings. The predicted octanol–water partition coefficient (Wildman–Crippen LogP) is 2.47. The van der Waals surface area contributed by atoms with Crippen LogP contribution in [0.5, 0.6) is 0 Å². The lowest BCUT2D eigenvalue weighted by Gasteiger charge is -2.24. The van der Waals surface area contributed by atoms with Crippen LogP contribution in [-0.4, -0.2) is 54.3 Å².